The van der Waals surface area contributed by atoms with Crippen LogP contribution in [0.5, 0.6) is 5.75 Å². The van der Waals surface area contributed by atoms with Crippen LogP contribution >= 0.6 is 11.6 Å². The van der Waals surface area contributed by atoms with Crippen molar-refractivity contribution in [1.29, 1.82) is 0 Å². The minimum atomic E-state index is 0.394. The molecular formula is C15H19ClO. The first-order valence-corrected chi connectivity index (χ1v) is 6.46. The molecule has 0 radical (unpaired) electrons. The second kappa shape index (κ2) is 7.97. The van der Waals surface area contributed by atoms with Gasteiger partial charge in [-0.25, -0.2) is 0 Å². The first-order chi connectivity index (χ1) is 8.27. The van der Waals surface area contributed by atoms with Crippen LogP contribution in [0.2, 0.25) is 0 Å². The maximum absolute atomic E-state index is 9.63. The molecule has 1 rings (SSSR count). The van der Waals surface area contributed by atoms with Crippen molar-refractivity contribution in [2.45, 2.75) is 26.2 Å². The first-order valence-electron chi connectivity index (χ1n) is 5.92. The molecule has 0 saturated heterocycles. The number of benzene rings is 1. The zero-order valence-corrected chi connectivity index (χ0v) is 11.0. The van der Waals surface area contributed by atoms with Crippen LogP contribution in [0, 0.1) is 0 Å². The van der Waals surface area contributed by atoms with Crippen molar-refractivity contribution in [3.63, 3.8) is 0 Å². The normalized spacial score (nSPS) is 12.2. The van der Waals surface area contributed by atoms with Crippen molar-refractivity contribution in [3.8, 4) is 5.75 Å². The Labute approximate surface area is 108 Å². The van der Waals surface area contributed by atoms with E-state index in [0.29, 0.717) is 11.6 Å². The summed E-state index contributed by atoms with van der Waals surface area (Å²) >= 11 is 5.61. The Kier molecular flexibility index (Phi) is 6.49. The number of halogens is 1. The van der Waals surface area contributed by atoms with Gasteiger partial charge in [-0.2, -0.15) is 0 Å². The van der Waals surface area contributed by atoms with E-state index in [1.54, 1.807) is 6.07 Å². The van der Waals surface area contributed by atoms with E-state index >= 15 is 0 Å². The van der Waals surface area contributed by atoms with Gasteiger partial charge in [0.1, 0.15) is 5.75 Å². The molecule has 0 aliphatic heterocycles. The van der Waals surface area contributed by atoms with Crippen molar-refractivity contribution >= 4 is 11.6 Å². The molecule has 0 atom stereocenters. The highest BCUT2D eigenvalue weighted by Gasteiger charge is 1.99. The van der Waals surface area contributed by atoms with E-state index < -0.39 is 0 Å². The molecule has 0 aliphatic rings. The van der Waals surface area contributed by atoms with E-state index in [1.807, 2.05) is 31.2 Å². The van der Waals surface area contributed by atoms with Gasteiger partial charge in [0.25, 0.3) is 0 Å². The van der Waals surface area contributed by atoms with Crippen molar-refractivity contribution in [1.82, 2.24) is 0 Å². The van der Waals surface area contributed by atoms with Crippen LogP contribution in [-0.2, 0) is 6.42 Å². The summed E-state index contributed by atoms with van der Waals surface area (Å²) in [5.74, 6) is 0.947. The third-order valence-electron chi connectivity index (χ3n) is 2.69. The Morgan fingerprint density at radius 3 is 2.76 bits per heavy atom. The molecule has 1 aromatic rings. The van der Waals surface area contributed by atoms with Crippen molar-refractivity contribution in [2.75, 3.05) is 5.88 Å². The number of rotatable bonds is 6. The highest BCUT2D eigenvalue weighted by molar-refractivity contribution is 6.18. The van der Waals surface area contributed by atoms with Gasteiger partial charge in [-0.05, 0) is 37.8 Å². The predicted molar refractivity (Wildman–Crippen MR) is 74.7 cm³/mol. The van der Waals surface area contributed by atoms with Crippen LogP contribution < -0.4 is 0 Å². The zero-order valence-electron chi connectivity index (χ0n) is 10.2. The Morgan fingerprint density at radius 2 is 2.12 bits per heavy atom. The third kappa shape index (κ3) is 5.10. The van der Waals surface area contributed by atoms with Gasteiger partial charge in [-0.1, -0.05) is 42.0 Å². The molecule has 0 unspecified atom stereocenters. The zero-order chi connectivity index (χ0) is 12.5. The lowest BCUT2D eigenvalue weighted by Gasteiger charge is -2.04. The Bertz CT molecular complexity index is 394. The van der Waals surface area contributed by atoms with E-state index in [2.05, 4.69) is 12.2 Å². The van der Waals surface area contributed by atoms with E-state index in [-0.39, 0.29) is 0 Å². The second-order valence-corrected chi connectivity index (χ2v) is 4.21. The molecule has 17 heavy (non-hydrogen) atoms. The van der Waals surface area contributed by atoms with Crippen LogP contribution in [0.1, 0.15) is 25.3 Å². The van der Waals surface area contributed by atoms with E-state index in [1.165, 1.54) is 5.57 Å². The lowest BCUT2D eigenvalue weighted by atomic mass is 10.0. The fourth-order valence-corrected chi connectivity index (χ4v) is 1.81. The summed E-state index contributed by atoms with van der Waals surface area (Å²) < 4.78 is 0. The first kappa shape index (κ1) is 13.9. The summed E-state index contributed by atoms with van der Waals surface area (Å²) in [5, 5.41) is 9.63. The third-order valence-corrected chi connectivity index (χ3v) is 2.87. The minimum absolute atomic E-state index is 0.394. The lowest BCUT2D eigenvalue weighted by Crippen LogP contribution is -1.88. The Morgan fingerprint density at radius 1 is 1.35 bits per heavy atom. The summed E-state index contributed by atoms with van der Waals surface area (Å²) in [6.07, 6.45) is 9.07. The number of aromatic hydroxyl groups is 1. The molecule has 0 spiro atoms. The molecular weight excluding hydrogens is 232 g/mol. The molecule has 0 bridgehead atoms. The molecule has 1 N–H and O–H groups in total. The maximum atomic E-state index is 9.63. The number of allylic oxidation sites excluding steroid dienone is 4. The fourth-order valence-electron chi connectivity index (χ4n) is 1.73. The topological polar surface area (TPSA) is 20.2 Å². The van der Waals surface area contributed by atoms with Crippen LogP contribution in [0.25, 0.3) is 0 Å². The maximum Gasteiger partial charge on any atom is 0.118 e. The van der Waals surface area contributed by atoms with Gasteiger partial charge in [0.15, 0.2) is 0 Å². The predicted octanol–water partition coefficient (Wildman–Crippen LogP) is 4.46. The SMILES string of the molecule is C/C=C(\C=C/CCl)CCCc1ccccc1O. The van der Waals surface area contributed by atoms with Gasteiger partial charge in [-0.15, -0.1) is 11.6 Å². The standard InChI is InChI=1S/C15H19ClO/c1-2-13(8-6-12-16)7-5-10-14-9-3-4-11-15(14)17/h2-4,6,8-9,11,17H,5,7,10,12H2,1H3/b8-6-,13-2-. The van der Waals surface area contributed by atoms with Gasteiger partial charge >= 0.3 is 0 Å². The molecule has 0 fully saturated rings. The van der Waals surface area contributed by atoms with Gasteiger partial charge in [0, 0.05) is 5.88 Å². The van der Waals surface area contributed by atoms with Crippen molar-refractivity contribution in [2.24, 2.45) is 0 Å². The van der Waals surface area contributed by atoms with Crippen molar-refractivity contribution < 1.29 is 5.11 Å². The molecule has 0 amide bonds. The average Bonchev–Trinajstić information content (AvgIpc) is 2.35. The van der Waals surface area contributed by atoms with Crippen LogP contribution in [-0.4, -0.2) is 11.0 Å². The smallest absolute Gasteiger partial charge is 0.118 e. The van der Waals surface area contributed by atoms with E-state index in [4.69, 9.17) is 11.6 Å². The number of hydrogen-bond donors (Lipinski definition) is 1. The van der Waals surface area contributed by atoms with Crippen LogP contribution in [0.15, 0.2) is 48.1 Å². The molecule has 2 heteroatoms. The van der Waals surface area contributed by atoms with Gasteiger partial charge in [0.05, 0.1) is 0 Å². The quantitative estimate of drug-likeness (QED) is 0.584. The van der Waals surface area contributed by atoms with Gasteiger partial charge < -0.3 is 5.11 Å². The minimum Gasteiger partial charge on any atom is -0.508 e. The molecule has 92 valence electrons. The fraction of sp³-hybridized carbons (Fsp3) is 0.333. The summed E-state index contributed by atoms with van der Waals surface area (Å²) in [4.78, 5) is 0. The number of hydrogen-bond acceptors (Lipinski definition) is 1. The van der Waals surface area contributed by atoms with Crippen LogP contribution in [0.4, 0.5) is 0 Å². The Hall–Kier alpha value is -1.21. The molecule has 0 aliphatic carbocycles. The summed E-state index contributed by atoms with van der Waals surface area (Å²) in [5.41, 5.74) is 2.31. The highest BCUT2D eigenvalue weighted by Crippen LogP contribution is 2.19. The van der Waals surface area contributed by atoms with Crippen LogP contribution in [0.3, 0.4) is 0 Å². The number of phenolic OH excluding ortho intramolecular Hbond substituents is 1. The van der Waals surface area contributed by atoms with Crippen molar-refractivity contribution in [3.05, 3.63) is 53.6 Å². The van der Waals surface area contributed by atoms with Gasteiger partial charge in [-0.3, -0.25) is 0 Å². The van der Waals surface area contributed by atoms with E-state index in [9.17, 15) is 5.11 Å². The molecule has 1 aromatic carbocycles. The number of para-hydroxylation sites is 1. The number of aryl methyl sites for hydroxylation is 1. The largest absolute Gasteiger partial charge is 0.508 e. The monoisotopic (exact) mass is 250 g/mol. The lowest BCUT2D eigenvalue weighted by molar-refractivity contribution is 0.467. The highest BCUT2D eigenvalue weighted by atomic mass is 35.5. The Balaban J connectivity index is 2.42. The molecule has 1 nitrogen and oxygen atoms in total. The summed E-state index contributed by atoms with van der Waals surface area (Å²) in [6.45, 7) is 2.04. The summed E-state index contributed by atoms with van der Waals surface area (Å²) in [6, 6.07) is 7.51. The molecule has 0 aromatic heterocycles. The second-order valence-electron chi connectivity index (χ2n) is 3.90. The summed E-state index contributed by atoms with van der Waals surface area (Å²) in [7, 11) is 0. The number of alkyl halides is 1. The average molecular weight is 251 g/mol. The molecule has 0 saturated carbocycles. The van der Waals surface area contributed by atoms with E-state index in [0.717, 1.165) is 24.8 Å². The number of phenols is 1. The molecule has 0 heterocycles. The van der Waals surface area contributed by atoms with Gasteiger partial charge in [0.2, 0.25) is 0 Å².